The second-order valence-electron chi connectivity index (χ2n) is 5.50. The van der Waals surface area contributed by atoms with Crippen LogP contribution in [0, 0.1) is 6.92 Å². The summed E-state index contributed by atoms with van der Waals surface area (Å²) in [6.07, 6.45) is 4.93. The molecule has 110 valence electrons. The van der Waals surface area contributed by atoms with Gasteiger partial charge in [0.15, 0.2) is 0 Å². The molecule has 1 aliphatic rings. The van der Waals surface area contributed by atoms with Gasteiger partial charge in [0, 0.05) is 12.6 Å². The Morgan fingerprint density at radius 1 is 1.35 bits per heavy atom. The van der Waals surface area contributed by atoms with E-state index in [2.05, 4.69) is 19.9 Å². The Labute approximate surface area is 122 Å². The second-order valence-corrected chi connectivity index (χ2v) is 7.40. The van der Waals surface area contributed by atoms with E-state index in [0.717, 1.165) is 24.8 Å². The first-order chi connectivity index (χ1) is 9.45. The highest BCUT2D eigenvalue weighted by Crippen LogP contribution is 2.27. The molecule has 1 aliphatic heterocycles. The lowest BCUT2D eigenvalue weighted by Gasteiger charge is -2.22. The van der Waals surface area contributed by atoms with Crippen molar-refractivity contribution in [3.05, 3.63) is 41.5 Å². The molecule has 4 heteroatoms. The smallest absolute Gasteiger partial charge is 0.207 e. The lowest BCUT2D eigenvalue weighted by Crippen LogP contribution is -2.34. The molecule has 1 aromatic rings. The summed E-state index contributed by atoms with van der Waals surface area (Å²) >= 11 is 0. The Morgan fingerprint density at radius 2 is 2.00 bits per heavy atom. The Morgan fingerprint density at radius 3 is 2.60 bits per heavy atom. The molecule has 0 spiro atoms. The molecule has 0 aliphatic carbocycles. The Kier molecular flexibility index (Phi) is 4.66. The average Bonchev–Trinajstić information content (AvgIpc) is 2.88. The zero-order valence-corrected chi connectivity index (χ0v) is 13.3. The summed E-state index contributed by atoms with van der Waals surface area (Å²) in [6, 6.07) is 7.13. The van der Waals surface area contributed by atoms with Crippen molar-refractivity contribution in [3.8, 4) is 0 Å². The van der Waals surface area contributed by atoms with Crippen molar-refractivity contribution in [2.75, 3.05) is 6.54 Å². The Balaban J connectivity index is 2.31. The number of rotatable bonds is 4. The van der Waals surface area contributed by atoms with Crippen molar-refractivity contribution >= 4 is 10.0 Å². The molecular weight excluding hydrogens is 270 g/mol. The van der Waals surface area contributed by atoms with Crippen molar-refractivity contribution in [3.63, 3.8) is 0 Å². The molecule has 0 bridgehead atoms. The first-order valence-corrected chi connectivity index (χ1v) is 8.65. The molecule has 20 heavy (non-hydrogen) atoms. The SMILES string of the molecule is CC/C(C)=C\[C@@H]1CCCN1S(=O)(=O)c1ccc(C)cc1. The maximum atomic E-state index is 12.7. The van der Waals surface area contributed by atoms with Gasteiger partial charge in [0.1, 0.15) is 0 Å². The monoisotopic (exact) mass is 293 g/mol. The lowest BCUT2D eigenvalue weighted by atomic mass is 10.1. The van der Waals surface area contributed by atoms with Crippen LogP contribution in [0.2, 0.25) is 0 Å². The third kappa shape index (κ3) is 3.13. The molecular formula is C16H23NO2S. The maximum Gasteiger partial charge on any atom is 0.243 e. The van der Waals surface area contributed by atoms with Crippen LogP contribution < -0.4 is 0 Å². The molecule has 0 radical (unpaired) electrons. The van der Waals surface area contributed by atoms with Crippen LogP contribution in [-0.2, 0) is 10.0 Å². The molecule has 1 fully saturated rings. The maximum absolute atomic E-state index is 12.7. The predicted molar refractivity (Wildman–Crippen MR) is 82.1 cm³/mol. The summed E-state index contributed by atoms with van der Waals surface area (Å²) < 4.78 is 27.1. The van der Waals surface area contributed by atoms with Crippen LogP contribution in [-0.4, -0.2) is 25.3 Å². The Hall–Kier alpha value is -1.13. The van der Waals surface area contributed by atoms with E-state index < -0.39 is 10.0 Å². The van der Waals surface area contributed by atoms with Crippen LogP contribution in [0.15, 0.2) is 40.8 Å². The number of hydrogen-bond acceptors (Lipinski definition) is 2. The molecule has 1 aromatic carbocycles. The van der Waals surface area contributed by atoms with Crippen molar-refractivity contribution in [1.29, 1.82) is 0 Å². The summed E-state index contributed by atoms with van der Waals surface area (Å²) in [4.78, 5) is 0.401. The summed E-state index contributed by atoms with van der Waals surface area (Å²) in [6.45, 7) is 6.74. The molecule has 0 unspecified atom stereocenters. The first kappa shape index (κ1) is 15.3. The van der Waals surface area contributed by atoms with E-state index >= 15 is 0 Å². The van der Waals surface area contributed by atoms with Crippen LogP contribution in [0.25, 0.3) is 0 Å². The molecule has 2 rings (SSSR count). The molecule has 0 saturated carbocycles. The summed E-state index contributed by atoms with van der Waals surface area (Å²) in [5.74, 6) is 0. The highest BCUT2D eigenvalue weighted by Gasteiger charge is 2.33. The number of nitrogens with zero attached hydrogens (tertiary/aromatic N) is 1. The molecule has 0 aromatic heterocycles. The zero-order chi connectivity index (χ0) is 14.8. The number of sulfonamides is 1. The normalized spacial score (nSPS) is 21.4. The van der Waals surface area contributed by atoms with E-state index in [0.29, 0.717) is 11.4 Å². The van der Waals surface area contributed by atoms with Crippen LogP contribution in [0.3, 0.4) is 0 Å². The molecule has 1 heterocycles. The van der Waals surface area contributed by atoms with Gasteiger partial charge in [0.2, 0.25) is 10.0 Å². The van der Waals surface area contributed by atoms with Gasteiger partial charge in [-0.3, -0.25) is 0 Å². The highest BCUT2D eigenvalue weighted by molar-refractivity contribution is 7.89. The van der Waals surface area contributed by atoms with Gasteiger partial charge >= 0.3 is 0 Å². The van der Waals surface area contributed by atoms with Crippen LogP contribution >= 0.6 is 0 Å². The van der Waals surface area contributed by atoms with E-state index in [1.54, 1.807) is 16.4 Å². The van der Waals surface area contributed by atoms with Crippen LogP contribution in [0.5, 0.6) is 0 Å². The van der Waals surface area contributed by atoms with Gasteiger partial charge in [-0.1, -0.05) is 36.3 Å². The van der Waals surface area contributed by atoms with E-state index in [1.165, 1.54) is 5.57 Å². The van der Waals surface area contributed by atoms with Crippen molar-refractivity contribution in [2.45, 2.75) is 51.0 Å². The second kappa shape index (κ2) is 6.10. The van der Waals surface area contributed by atoms with Crippen LogP contribution in [0.4, 0.5) is 0 Å². The molecule has 1 saturated heterocycles. The zero-order valence-electron chi connectivity index (χ0n) is 12.5. The number of hydrogen-bond donors (Lipinski definition) is 0. The van der Waals surface area contributed by atoms with Gasteiger partial charge in [-0.25, -0.2) is 8.42 Å². The van der Waals surface area contributed by atoms with Crippen molar-refractivity contribution in [1.82, 2.24) is 4.31 Å². The van der Waals surface area contributed by atoms with Gasteiger partial charge in [-0.15, -0.1) is 0 Å². The number of aryl methyl sites for hydroxylation is 1. The predicted octanol–water partition coefficient (Wildman–Crippen LogP) is 3.50. The van der Waals surface area contributed by atoms with Gasteiger partial charge in [-0.05, 0) is 45.2 Å². The van der Waals surface area contributed by atoms with E-state index in [1.807, 2.05) is 19.1 Å². The summed E-state index contributed by atoms with van der Waals surface area (Å²) in [5.41, 5.74) is 2.32. The molecule has 1 atom stereocenters. The third-order valence-electron chi connectivity index (χ3n) is 3.91. The number of allylic oxidation sites excluding steroid dienone is 1. The van der Waals surface area contributed by atoms with E-state index in [9.17, 15) is 8.42 Å². The summed E-state index contributed by atoms with van der Waals surface area (Å²) in [5, 5.41) is 0. The van der Waals surface area contributed by atoms with Gasteiger partial charge in [0.25, 0.3) is 0 Å². The third-order valence-corrected chi connectivity index (χ3v) is 5.85. The largest absolute Gasteiger partial charge is 0.243 e. The fourth-order valence-corrected chi connectivity index (χ4v) is 4.17. The van der Waals surface area contributed by atoms with E-state index in [-0.39, 0.29) is 6.04 Å². The number of benzene rings is 1. The highest BCUT2D eigenvalue weighted by atomic mass is 32.2. The van der Waals surface area contributed by atoms with Gasteiger partial charge in [0.05, 0.1) is 4.90 Å². The molecule has 3 nitrogen and oxygen atoms in total. The summed E-state index contributed by atoms with van der Waals surface area (Å²) in [7, 11) is -3.37. The minimum Gasteiger partial charge on any atom is -0.207 e. The van der Waals surface area contributed by atoms with Gasteiger partial charge < -0.3 is 0 Å². The Bertz CT molecular complexity index is 587. The lowest BCUT2D eigenvalue weighted by molar-refractivity contribution is 0.431. The fraction of sp³-hybridized carbons (Fsp3) is 0.500. The van der Waals surface area contributed by atoms with Crippen molar-refractivity contribution in [2.24, 2.45) is 0 Å². The minimum absolute atomic E-state index is 0.0150. The molecule has 0 N–H and O–H groups in total. The first-order valence-electron chi connectivity index (χ1n) is 7.21. The molecule has 0 amide bonds. The quantitative estimate of drug-likeness (QED) is 0.797. The average molecular weight is 293 g/mol. The van der Waals surface area contributed by atoms with Crippen molar-refractivity contribution < 1.29 is 8.42 Å². The van der Waals surface area contributed by atoms with E-state index in [4.69, 9.17) is 0 Å². The van der Waals surface area contributed by atoms with Gasteiger partial charge in [-0.2, -0.15) is 4.31 Å². The topological polar surface area (TPSA) is 37.4 Å². The standard InChI is InChI=1S/C16H23NO2S/c1-4-13(2)12-15-6-5-11-17(15)20(18,19)16-9-7-14(3)8-10-16/h7-10,12,15H,4-6,11H2,1-3H3/b13-12-/t15-/m0/s1. The fourth-order valence-electron chi connectivity index (χ4n) is 2.52. The minimum atomic E-state index is -3.37. The van der Waals surface area contributed by atoms with Crippen LogP contribution in [0.1, 0.15) is 38.7 Å².